The van der Waals surface area contributed by atoms with Crippen molar-refractivity contribution in [2.75, 3.05) is 13.7 Å². The van der Waals surface area contributed by atoms with E-state index in [-0.39, 0.29) is 11.9 Å². The molecule has 0 radical (unpaired) electrons. The maximum atomic E-state index is 10.3. The number of hydrogen-bond acceptors (Lipinski definition) is 7. The quantitative estimate of drug-likeness (QED) is 0.250. The molecule has 0 saturated carbocycles. The van der Waals surface area contributed by atoms with Crippen molar-refractivity contribution in [1.29, 1.82) is 0 Å². The van der Waals surface area contributed by atoms with Gasteiger partial charge in [0.2, 0.25) is 0 Å². The molecule has 0 aromatic carbocycles. The number of carbonyl (C=O) groups excluding carboxylic acids is 4. The number of carbonyl (C=O) groups is 4. The summed E-state index contributed by atoms with van der Waals surface area (Å²) in [4.78, 5) is 40.4. The monoisotopic (exact) mass is 326 g/mol. The lowest BCUT2D eigenvalue weighted by atomic mass is 10.4. The number of cyclic esters (lactones) is 2. The smallest absolute Gasteiger partial charge is 0.338 e. The molecule has 0 saturated heterocycles. The molecule has 0 unspecified atom stereocenters. The fourth-order valence-corrected chi connectivity index (χ4v) is 0.854. The molecule has 0 bridgehead atoms. The number of hydrogen-bond donors (Lipinski definition) is 0. The van der Waals surface area contributed by atoms with Gasteiger partial charge in [-0.15, -0.1) is 0 Å². The summed E-state index contributed by atoms with van der Waals surface area (Å²) in [5.41, 5.74) is 0.433. The second kappa shape index (κ2) is 14.2. The van der Waals surface area contributed by atoms with E-state index in [1.165, 1.54) is 13.2 Å². The Labute approximate surface area is 135 Å². The third-order valence-electron chi connectivity index (χ3n) is 2.00. The molecular formula is C16H22O7. The molecule has 1 rings (SSSR count). The first-order valence-electron chi connectivity index (χ1n) is 6.75. The van der Waals surface area contributed by atoms with Crippen LogP contribution in [-0.4, -0.2) is 37.6 Å². The maximum Gasteiger partial charge on any atom is 0.338 e. The zero-order chi connectivity index (χ0) is 18.3. The van der Waals surface area contributed by atoms with Crippen LogP contribution in [0.1, 0.15) is 26.7 Å². The Bertz CT molecular complexity index is 459. The lowest BCUT2D eigenvalue weighted by Gasteiger charge is -1.97. The molecule has 0 N–H and O–H groups in total. The van der Waals surface area contributed by atoms with E-state index in [2.05, 4.69) is 27.4 Å². The van der Waals surface area contributed by atoms with Crippen LogP contribution in [0.3, 0.4) is 0 Å². The van der Waals surface area contributed by atoms with Crippen LogP contribution in [0.15, 0.2) is 37.0 Å². The Morgan fingerprint density at radius 1 is 1.26 bits per heavy atom. The number of ether oxygens (including phenoxy) is 3. The van der Waals surface area contributed by atoms with Crippen molar-refractivity contribution in [1.82, 2.24) is 0 Å². The Morgan fingerprint density at radius 2 is 1.78 bits per heavy atom. The summed E-state index contributed by atoms with van der Waals surface area (Å²) in [6.45, 7) is 10.8. The third-order valence-corrected chi connectivity index (χ3v) is 2.00. The number of esters is 4. The molecule has 7 heteroatoms. The average molecular weight is 326 g/mol. The lowest BCUT2D eigenvalue weighted by molar-refractivity contribution is -0.150. The van der Waals surface area contributed by atoms with Crippen LogP contribution in [-0.2, 0) is 33.4 Å². The van der Waals surface area contributed by atoms with Gasteiger partial charge >= 0.3 is 23.9 Å². The van der Waals surface area contributed by atoms with Crippen molar-refractivity contribution in [2.24, 2.45) is 0 Å². The second-order valence-corrected chi connectivity index (χ2v) is 4.07. The predicted octanol–water partition coefficient (Wildman–Crippen LogP) is 1.88. The Morgan fingerprint density at radius 3 is 2.00 bits per heavy atom. The van der Waals surface area contributed by atoms with Gasteiger partial charge in [0, 0.05) is 23.8 Å². The predicted molar refractivity (Wildman–Crippen MR) is 83.1 cm³/mol. The summed E-state index contributed by atoms with van der Waals surface area (Å²) in [6, 6.07) is 0. The average Bonchev–Trinajstić information content (AvgIpc) is 2.90. The molecule has 0 fully saturated rings. The van der Waals surface area contributed by atoms with Crippen molar-refractivity contribution in [2.45, 2.75) is 26.7 Å². The molecule has 0 amide bonds. The highest BCUT2D eigenvalue weighted by Gasteiger charge is 2.10. The molecule has 7 nitrogen and oxygen atoms in total. The summed E-state index contributed by atoms with van der Waals surface area (Å²) in [5, 5.41) is 0. The second-order valence-electron chi connectivity index (χ2n) is 4.07. The van der Waals surface area contributed by atoms with Crippen LogP contribution in [0.25, 0.3) is 0 Å². The van der Waals surface area contributed by atoms with E-state index in [1.54, 1.807) is 6.92 Å². The highest BCUT2D eigenvalue weighted by molar-refractivity contribution is 6.04. The van der Waals surface area contributed by atoms with Gasteiger partial charge in [0.05, 0.1) is 13.7 Å². The van der Waals surface area contributed by atoms with Gasteiger partial charge in [-0.1, -0.05) is 26.5 Å². The molecule has 23 heavy (non-hydrogen) atoms. The maximum absolute atomic E-state index is 10.3. The topological polar surface area (TPSA) is 96.0 Å². The van der Waals surface area contributed by atoms with Gasteiger partial charge in [0.1, 0.15) is 0 Å². The van der Waals surface area contributed by atoms with E-state index < -0.39 is 11.9 Å². The van der Waals surface area contributed by atoms with E-state index >= 15 is 0 Å². The summed E-state index contributed by atoms with van der Waals surface area (Å²) in [7, 11) is 1.33. The van der Waals surface area contributed by atoms with Gasteiger partial charge < -0.3 is 14.2 Å². The lowest BCUT2D eigenvalue weighted by Crippen LogP contribution is -2.00. The highest BCUT2D eigenvalue weighted by atomic mass is 16.6. The minimum atomic E-state index is -0.579. The fourth-order valence-electron chi connectivity index (χ4n) is 0.854. The summed E-state index contributed by atoms with van der Waals surface area (Å²) in [6.07, 6.45) is 5.32. The molecule has 0 aromatic rings. The Kier molecular flexibility index (Phi) is 14.0. The zero-order valence-electron chi connectivity index (χ0n) is 13.6. The molecular weight excluding hydrogens is 304 g/mol. The minimum absolute atomic E-state index is 0.330. The molecule has 0 aliphatic carbocycles. The molecule has 0 spiro atoms. The van der Waals surface area contributed by atoms with Gasteiger partial charge in [-0.2, -0.15) is 0 Å². The number of methoxy groups -OCH3 is 1. The van der Waals surface area contributed by atoms with Gasteiger partial charge in [-0.05, 0) is 13.3 Å². The van der Waals surface area contributed by atoms with Crippen LogP contribution in [0, 0.1) is 0 Å². The third kappa shape index (κ3) is 15.5. The summed E-state index contributed by atoms with van der Waals surface area (Å²) in [5.74, 6) is -1.83. The van der Waals surface area contributed by atoms with Gasteiger partial charge in [0.15, 0.2) is 0 Å². The largest absolute Gasteiger partial charge is 0.466 e. The van der Waals surface area contributed by atoms with Crippen LogP contribution < -0.4 is 0 Å². The molecule has 1 heterocycles. The summed E-state index contributed by atoms with van der Waals surface area (Å²) < 4.78 is 12.9. The van der Waals surface area contributed by atoms with E-state index in [4.69, 9.17) is 0 Å². The first-order valence-corrected chi connectivity index (χ1v) is 6.75. The molecule has 1 aliphatic heterocycles. The van der Waals surface area contributed by atoms with Crippen LogP contribution in [0.5, 0.6) is 0 Å². The molecule has 0 atom stereocenters. The SMILES string of the molecule is C=C(C)C(=O)OC.C=CC(=O)OCCCC.O=C1C=CC(=O)O1. The van der Waals surface area contributed by atoms with Gasteiger partial charge in [-0.3, -0.25) is 0 Å². The highest BCUT2D eigenvalue weighted by Crippen LogP contribution is 1.92. The number of rotatable bonds is 5. The Hall–Kier alpha value is -2.70. The van der Waals surface area contributed by atoms with Crippen LogP contribution in [0.2, 0.25) is 0 Å². The Balaban J connectivity index is 0. The first kappa shape index (κ1) is 22.6. The van der Waals surface area contributed by atoms with E-state index in [0.717, 1.165) is 25.0 Å². The van der Waals surface area contributed by atoms with Crippen molar-refractivity contribution >= 4 is 23.9 Å². The number of unbranched alkanes of at least 4 members (excludes halogenated alkanes) is 1. The minimum Gasteiger partial charge on any atom is -0.466 e. The molecule has 0 aromatic heterocycles. The normalized spacial score (nSPS) is 11.1. The van der Waals surface area contributed by atoms with Gasteiger partial charge in [0.25, 0.3) is 0 Å². The molecule has 1 aliphatic rings. The van der Waals surface area contributed by atoms with Crippen molar-refractivity contribution < 1.29 is 33.4 Å². The van der Waals surface area contributed by atoms with E-state index in [0.29, 0.717) is 12.2 Å². The van der Waals surface area contributed by atoms with E-state index in [9.17, 15) is 19.2 Å². The van der Waals surface area contributed by atoms with Crippen molar-refractivity contribution in [3.05, 3.63) is 37.0 Å². The van der Waals surface area contributed by atoms with Crippen LogP contribution >= 0.6 is 0 Å². The molecule has 128 valence electrons. The zero-order valence-corrected chi connectivity index (χ0v) is 13.6. The van der Waals surface area contributed by atoms with Crippen LogP contribution in [0.4, 0.5) is 0 Å². The van der Waals surface area contributed by atoms with Crippen molar-refractivity contribution in [3.63, 3.8) is 0 Å². The van der Waals surface area contributed by atoms with E-state index in [1.807, 2.05) is 6.92 Å². The summed E-state index contributed by atoms with van der Waals surface area (Å²) >= 11 is 0. The van der Waals surface area contributed by atoms with Gasteiger partial charge in [-0.25, -0.2) is 19.2 Å². The van der Waals surface area contributed by atoms with Crippen molar-refractivity contribution in [3.8, 4) is 0 Å². The fraction of sp³-hybridized carbons (Fsp3) is 0.375. The first-order chi connectivity index (χ1) is 10.8. The standard InChI is InChI=1S/C7H12O2.C5H8O2.C4H2O3/c1-3-5-6-9-7(8)4-2;1-4(2)5(6)7-3;5-3-1-2-4(6)7-3/h4H,2-3,5-6H2,1H3;1H2,2-3H3;1-2H.